The molecule has 1 N–H and O–H groups in total. The van der Waals surface area contributed by atoms with Crippen LogP contribution in [0.25, 0.3) is 0 Å². The number of fused-ring (bicyclic) bond motifs is 2. The minimum absolute atomic E-state index is 0.240. The average molecular weight is 332 g/mol. The quantitative estimate of drug-likeness (QED) is 0.772. The first-order chi connectivity index (χ1) is 10.8. The maximum atomic E-state index is 13.0. The second-order valence-electron chi connectivity index (χ2n) is 5.55. The Morgan fingerprint density at radius 2 is 2.00 bits per heavy atom. The van der Waals surface area contributed by atoms with Gasteiger partial charge in [-0.2, -0.15) is 5.01 Å². The molecule has 0 aromatic heterocycles. The molecular weight excluding hydrogens is 316 g/mol. The van der Waals surface area contributed by atoms with Crippen molar-refractivity contribution in [3.63, 3.8) is 0 Å². The molecule has 1 atom stereocenters. The summed E-state index contributed by atoms with van der Waals surface area (Å²) in [5, 5.41) is 8.13. The van der Waals surface area contributed by atoms with Crippen molar-refractivity contribution < 1.29 is 14.4 Å². The number of hydrogen-bond acceptors (Lipinski definition) is 5. The van der Waals surface area contributed by atoms with Gasteiger partial charge in [0.05, 0.1) is 5.69 Å². The number of benzene rings is 1. The molecule has 0 aliphatic carbocycles. The molecule has 0 saturated heterocycles. The molecule has 0 unspecified atom stereocenters. The summed E-state index contributed by atoms with van der Waals surface area (Å²) in [5.41, 5.74) is 2.41. The maximum Gasteiger partial charge on any atom is 0.270 e. The minimum atomic E-state index is -1.29. The number of carbonyl (C=O) groups is 3. The van der Waals surface area contributed by atoms with Crippen LogP contribution in [0.1, 0.15) is 25.0 Å². The molecule has 2 heterocycles. The van der Waals surface area contributed by atoms with Crippen LogP contribution in [0.5, 0.6) is 0 Å². The van der Waals surface area contributed by atoms with Crippen molar-refractivity contribution >= 4 is 40.3 Å². The molecule has 2 aliphatic heterocycles. The lowest BCUT2D eigenvalue weighted by Crippen LogP contribution is -2.47. The highest BCUT2D eigenvalue weighted by molar-refractivity contribution is 8.15. The van der Waals surface area contributed by atoms with Crippen LogP contribution in [0.4, 0.5) is 5.69 Å². The highest BCUT2D eigenvalue weighted by Gasteiger charge is 2.60. The Balaban J connectivity index is 2.18. The fourth-order valence-corrected chi connectivity index (χ4v) is 4.18. The number of amides is 3. The third-order valence-electron chi connectivity index (χ3n) is 3.79. The standard InChI is InChI=1S/C15H16N4O3S/c1-8-5-6-12-11(7-8)15(13(22)18(12)4)19(10(3)21)17-14(23-15)16-9(2)20/h5-7H,1-4H3,(H,16,17,20)/t15-/m1/s1. The molecule has 8 heteroatoms. The van der Waals surface area contributed by atoms with Crippen LogP contribution in [0, 0.1) is 6.92 Å². The molecule has 3 amide bonds. The number of nitrogens with zero attached hydrogens (tertiary/aromatic N) is 3. The van der Waals surface area contributed by atoms with Gasteiger partial charge in [-0.05, 0) is 24.8 Å². The van der Waals surface area contributed by atoms with Crippen molar-refractivity contribution in [1.29, 1.82) is 0 Å². The number of aryl methyl sites for hydroxylation is 1. The normalized spacial score (nSPS) is 22.4. The lowest BCUT2D eigenvalue weighted by atomic mass is 10.0. The van der Waals surface area contributed by atoms with Gasteiger partial charge in [0, 0.05) is 26.5 Å². The zero-order chi connectivity index (χ0) is 16.9. The predicted molar refractivity (Wildman–Crippen MR) is 87.6 cm³/mol. The molecule has 1 aromatic rings. The highest BCUT2D eigenvalue weighted by Crippen LogP contribution is 2.54. The molecule has 0 saturated carbocycles. The zero-order valence-electron chi connectivity index (χ0n) is 13.2. The number of nitrogens with one attached hydrogen (secondary N) is 1. The second kappa shape index (κ2) is 5.09. The van der Waals surface area contributed by atoms with Gasteiger partial charge in [0.2, 0.25) is 16.7 Å². The molecule has 1 aromatic carbocycles. The Morgan fingerprint density at radius 1 is 1.30 bits per heavy atom. The first-order valence-corrected chi connectivity index (χ1v) is 7.84. The number of hydrogen-bond donors (Lipinski definition) is 1. The van der Waals surface area contributed by atoms with Gasteiger partial charge in [-0.3, -0.25) is 14.4 Å². The summed E-state index contributed by atoms with van der Waals surface area (Å²) >= 11 is 1.08. The first-order valence-electron chi connectivity index (χ1n) is 7.02. The van der Waals surface area contributed by atoms with Gasteiger partial charge >= 0.3 is 0 Å². The third kappa shape index (κ3) is 2.13. The predicted octanol–water partition coefficient (Wildman–Crippen LogP) is 1.13. The van der Waals surface area contributed by atoms with Crippen molar-refractivity contribution in [2.45, 2.75) is 25.6 Å². The lowest BCUT2D eigenvalue weighted by molar-refractivity contribution is -0.139. The van der Waals surface area contributed by atoms with Gasteiger partial charge in [-0.15, -0.1) is 5.10 Å². The van der Waals surface area contributed by atoms with Crippen molar-refractivity contribution in [3.05, 3.63) is 29.3 Å². The summed E-state index contributed by atoms with van der Waals surface area (Å²) in [4.78, 5) is 36.6. The van der Waals surface area contributed by atoms with E-state index in [-0.39, 0.29) is 22.9 Å². The van der Waals surface area contributed by atoms with Gasteiger partial charge in [0.1, 0.15) is 0 Å². The van der Waals surface area contributed by atoms with Gasteiger partial charge in [-0.1, -0.05) is 17.7 Å². The Kier molecular flexibility index (Phi) is 3.44. The van der Waals surface area contributed by atoms with Crippen molar-refractivity contribution in [1.82, 2.24) is 10.3 Å². The van der Waals surface area contributed by atoms with Crippen LogP contribution in [0.15, 0.2) is 23.3 Å². The Hall–Kier alpha value is -2.35. The largest absolute Gasteiger partial charge is 0.312 e. The fourth-order valence-electron chi connectivity index (χ4n) is 2.83. The van der Waals surface area contributed by atoms with Gasteiger partial charge in [0.15, 0.2) is 5.17 Å². The summed E-state index contributed by atoms with van der Waals surface area (Å²) in [7, 11) is 1.67. The van der Waals surface area contributed by atoms with E-state index >= 15 is 0 Å². The molecule has 3 rings (SSSR count). The molecule has 0 radical (unpaired) electrons. The van der Waals surface area contributed by atoms with Crippen LogP contribution in [0.2, 0.25) is 0 Å². The average Bonchev–Trinajstić information content (AvgIpc) is 2.93. The number of anilines is 1. The summed E-state index contributed by atoms with van der Waals surface area (Å²) in [6.45, 7) is 4.63. The molecule has 1 spiro atoms. The van der Waals surface area contributed by atoms with Crippen LogP contribution in [-0.4, -0.2) is 34.9 Å². The number of carbonyl (C=O) groups excluding carboxylic acids is 3. The van der Waals surface area contributed by atoms with Crippen molar-refractivity contribution in [3.8, 4) is 0 Å². The van der Waals surface area contributed by atoms with E-state index in [0.29, 0.717) is 5.56 Å². The number of hydrazone groups is 1. The summed E-state index contributed by atoms with van der Waals surface area (Å²) < 4.78 is 0. The fraction of sp³-hybridized carbons (Fsp3) is 0.333. The lowest BCUT2D eigenvalue weighted by Gasteiger charge is -2.29. The summed E-state index contributed by atoms with van der Waals surface area (Å²) in [5.74, 6) is -0.934. The van der Waals surface area contributed by atoms with Crippen LogP contribution < -0.4 is 10.2 Å². The number of rotatable bonds is 0. The highest BCUT2D eigenvalue weighted by atomic mass is 32.2. The molecule has 7 nitrogen and oxygen atoms in total. The van der Waals surface area contributed by atoms with E-state index in [4.69, 9.17) is 0 Å². The van der Waals surface area contributed by atoms with E-state index in [1.54, 1.807) is 7.05 Å². The Morgan fingerprint density at radius 3 is 2.61 bits per heavy atom. The van der Waals surface area contributed by atoms with E-state index in [1.807, 2.05) is 25.1 Å². The smallest absolute Gasteiger partial charge is 0.270 e. The maximum absolute atomic E-state index is 13.0. The third-order valence-corrected chi connectivity index (χ3v) is 5.03. The number of likely N-dealkylation sites (N-methyl/N-ethyl adjacent to an activating group) is 1. The molecule has 23 heavy (non-hydrogen) atoms. The van der Waals surface area contributed by atoms with Crippen LogP contribution in [0.3, 0.4) is 0 Å². The van der Waals surface area contributed by atoms with Crippen molar-refractivity contribution in [2.75, 3.05) is 11.9 Å². The van der Waals surface area contributed by atoms with Crippen LogP contribution in [-0.2, 0) is 19.3 Å². The molecular formula is C15H16N4O3S. The van der Waals surface area contributed by atoms with Crippen molar-refractivity contribution in [2.24, 2.45) is 5.10 Å². The summed E-state index contributed by atoms with van der Waals surface area (Å²) in [6, 6.07) is 5.65. The summed E-state index contributed by atoms with van der Waals surface area (Å²) in [6.07, 6.45) is 0. The topological polar surface area (TPSA) is 82.1 Å². The first kappa shape index (κ1) is 15.5. The second-order valence-corrected chi connectivity index (χ2v) is 6.73. The van der Waals surface area contributed by atoms with Crippen LogP contribution >= 0.6 is 11.8 Å². The van der Waals surface area contributed by atoms with Gasteiger partial charge in [-0.25, -0.2) is 0 Å². The number of thioether (sulfide) groups is 1. The van der Waals surface area contributed by atoms with E-state index in [1.165, 1.54) is 18.7 Å². The molecule has 0 fully saturated rings. The van der Waals surface area contributed by atoms with Gasteiger partial charge < -0.3 is 10.2 Å². The molecule has 120 valence electrons. The Bertz CT molecular complexity index is 776. The Labute approximate surface area is 137 Å². The minimum Gasteiger partial charge on any atom is -0.312 e. The molecule has 2 aliphatic rings. The van der Waals surface area contributed by atoms with Gasteiger partial charge in [0.25, 0.3) is 5.91 Å². The van der Waals surface area contributed by atoms with E-state index in [0.717, 1.165) is 28.0 Å². The molecule has 0 bridgehead atoms. The van der Waals surface area contributed by atoms with E-state index in [2.05, 4.69) is 10.4 Å². The SMILES string of the molecule is CC(=O)NC1=NN(C(C)=O)[C@]2(S1)C(=O)N(C)c1ccc(C)cc12. The monoisotopic (exact) mass is 332 g/mol. The zero-order valence-corrected chi connectivity index (χ0v) is 14.0. The number of amidine groups is 1. The van der Waals surface area contributed by atoms with E-state index in [9.17, 15) is 14.4 Å². The van der Waals surface area contributed by atoms with E-state index < -0.39 is 4.87 Å².